The second kappa shape index (κ2) is 10.8. The van der Waals surface area contributed by atoms with Crippen molar-refractivity contribution in [2.24, 2.45) is 5.92 Å². The van der Waals surface area contributed by atoms with Gasteiger partial charge in [0.2, 0.25) is 5.91 Å². The first-order valence-corrected chi connectivity index (χ1v) is 6.40. The summed E-state index contributed by atoms with van der Waals surface area (Å²) in [6.45, 7) is 6.08. The van der Waals surface area contributed by atoms with E-state index in [-0.39, 0.29) is 24.2 Å². The number of hydrogen-bond acceptors (Lipinski definition) is 3. The Balaban J connectivity index is 0.00000256. The molecule has 0 aromatic rings. The van der Waals surface area contributed by atoms with Crippen LogP contribution in [0.3, 0.4) is 0 Å². The monoisotopic (exact) mass is 264 g/mol. The fraction of sp³-hybridized carbons (Fsp3) is 0.917. The number of carbonyl (C=O) groups excluding carboxylic acids is 1. The van der Waals surface area contributed by atoms with E-state index in [1.54, 1.807) is 0 Å². The molecule has 5 heteroatoms. The van der Waals surface area contributed by atoms with Gasteiger partial charge in [-0.3, -0.25) is 4.79 Å². The molecule has 1 heterocycles. The maximum absolute atomic E-state index is 11.7. The Bertz CT molecular complexity index is 197. The minimum atomic E-state index is 0. The third-order valence-corrected chi connectivity index (χ3v) is 2.86. The molecule has 0 spiro atoms. The lowest BCUT2D eigenvalue weighted by atomic mass is 9.99. The normalized spacial score (nSPS) is 19.5. The molecule has 1 atom stereocenters. The summed E-state index contributed by atoms with van der Waals surface area (Å²) < 4.78 is 5.38. The van der Waals surface area contributed by atoms with Gasteiger partial charge in [0.25, 0.3) is 0 Å². The summed E-state index contributed by atoms with van der Waals surface area (Å²) in [5.41, 5.74) is 0. The second-order valence-corrected chi connectivity index (χ2v) is 4.30. The van der Waals surface area contributed by atoms with E-state index in [9.17, 15) is 4.79 Å². The van der Waals surface area contributed by atoms with Gasteiger partial charge in [-0.1, -0.05) is 13.3 Å². The van der Waals surface area contributed by atoms with Crippen molar-refractivity contribution in [2.75, 3.05) is 32.8 Å². The van der Waals surface area contributed by atoms with Crippen molar-refractivity contribution in [3.8, 4) is 0 Å². The smallest absolute Gasteiger partial charge is 0.224 e. The highest BCUT2D eigenvalue weighted by Crippen LogP contribution is 2.09. The van der Waals surface area contributed by atoms with Gasteiger partial charge in [0.05, 0.1) is 12.5 Å². The molecule has 17 heavy (non-hydrogen) atoms. The van der Waals surface area contributed by atoms with Crippen LogP contribution < -0.4 is 10.6 Å². The van der Waals surface area contributed by atoms with Crippen LogP contribution >= 0.6 is 12.4 Å². The van der Waals surface area contributed by atoms with E-state index in [1.165, 1.54) is 0 Å². The van der Waals surface area contributed by atoms with Gasteiger partial charge in [-0.15, -0.1) is 12.4 Å². The highest BCUT2D eigenvalue weighted by Gasteiger charge is 2.19. The quantitative estimate of drug-likeness (QED) is 0.683. The van der Waals surface area contributed by atoms with Crippen LogP contribution in [0.1, 0.15) is 32.6 Å². The Morgan fingerprint density at radius 2 is 2.29 bits per heavy atom. The molecule has 4 nitrogen and oxygen atoms in total. The van der Waals surface area contributed by atoms with E-state index in [1.807, 2.05) is 0 Å². The summed E-state index contributed by atoms with van der Waals surface area (Å²) in [5, 5.41) is 6.17. The molecule has 2 N–H and O–H groups in total. The summed E-state index contributed by atoms with van der Waals surface area (Å²) >= 11 is 0. The molecule has 0 aromatic carbocycles. The number of piperidine rings is 1. The minimum absolute atomic E-state index is 0. The van der Waals surface area contributed by atoms with Gasteiger partial charge in [-0.05, 0) is 25.8 Å². The van der Waals surface area contributed by atoms with Crippen LogP contribution in [0.2, 0.25) is 0 Å². The second-order valence-electron chi connectivity index (χ2n) is 4.30. The summed E-state index contributed by atoms with van der Waals surface area (Å²) in [5.74, 6) is 0.329. The molecule has 1 unspecified atom stereocenters. The van der Waals surface area contributed by atoms with Crippen molar-refractivity contribution in [1.82, 2.24) is 10.6 Å². The fourth-order valence-corrected chi connectivity index (χ4v) is 1.81. The third-order valence-electron chi connectivity index (χ3n) is 2.86. The molecule has 0 radical (unpaired) electrons. The molecule has 0 aromatic heterocycles. The summed E-state index contributed by atoms with van der Waals surface area (Å²) in [6, 6.07) is 0. The number of carbonyl (C=O) groups is 1. The molecule has 0 aliphatic carbocycles. The summed E-state index contributed by atoms with van der Waals surface area (Å²) in [4.78, 5) is 11.7. The molecule has 1 aliphatic heterocycles. The molecule has 1 saturated heterocycles. The van der Waals surface area contributed by atoms with Gasteiger partial charge in [-0.2, -0.15) is 0 Å². The lowest BCUT2D eigenvalue weighted by Crippen LogP contribution is -2.41. The number of rotatable bonds is 7. The van der Waals surface area contributed by atoms with Gasteiger partial charge >= 0.3 is 0 Å². The molecule has 1 amide bonds. The van der Waals surface area contributed by atoms with Gasteiger partial charge < -0.3 is 15.4 Å². The van der Waals surface area contributed by atoms with Crippen molar-refractivity contribution in [3.63, 3.8) is 0 Å². The average molecular weight is 265 g/mol. The molecule has 1 aliphatic rings. The van der Waals surface area contributed by atoms with E-state index in [0.717, 1.165) is 45.4 Å². The van der Waals surface area contributed by atoms with Crippen LogP contribution in [0, 0.1) is 5.92 Å². The van der Waals surface area contributed by atoms with Gasteiger partial charge in [-0.25, -0.2) is 0 Å². The van der Waals surface area contributed by atoms with Crippen LogP contribution in [0.4, 0.5) is 0 Å². The van der Waals surface area contributed by atoms with Crippen LogP contribution in [-0.2, 0) is 9.53 Å². The zero-order valence-corrected chi connectivity index (χ0v) is 11.5. The Kier molecular flexibility index (Phi) is 10.6. The zero-order chi connectivity index (χ0) is 11.6. The van der Waals surface area contributed by atoms with Crippen molar-refractivity contribution >= 4 is 18.3 Å². The molecule has 1 fully saturated rings. The van der Waals surface area contributed by atoms with Gasteiger partial charge in [0.15, 0.2) is 0 Å². The van der Waals surface area contributed by atoms with Crippen molar-refractivity contribution in [1.29, 1.82) is 0 Å². The molecule has 0 bridgehead atoms. The maximum atomic E-state index is 11.7. The third kappa shape index (κ3) is 7.58. The first kappa shape index (κ1) is 16.7. The van der Waals surface area contributed by atoms with Crippen molar-refractivity contribution in [3.05, 3.63) is 0 Å². The lowest BCUT2D eigenvalue weighted by Gasteiger charge is -2.21. The topological polar surface area (TPSA) is 50.4 Å². The van der Waals surface area contributed by atoms with Crippen LogP contribution in [-0.4, -0.2) is 38.8 Å². The Morgan fingerprint density at radius 1 is 1.47 bits per heavy atom. The molecular weight excluding hydrogens is 240 g/mol. The Hall–Kier alpha value is -0.320. The minimum Gasteiger partial charge on any atom is -0.380 e. The number of halogens is 1. The standard InChI is InChI=1S/C12H24N2O2.ClH/c1-2-3-8-16-9-7-14-12(15)11-5-4-6-13-10-11;/h11,13H,2-10H2,1H3,(H,14,15);1H. The molecule has 1 rings (SSSR count). The van der Waals surface area contributed by atoms with Crippen LogP contribution in [0.15, 0.2) is 0 Å². The highest BCUT2D eigenvalue weighted by molar-refractivity contribution is 5.85. The number of amides is 1. The molecular formula is C12H25ClN2O2. The largest absolute Gasteiger partial charge is 0.380 e. The number of unbranched alkanes of at least 4 members (excludes halogenated alkanes) is 1. The zero-order valence-electron chi connectivity index (χ0n) is 10.7. The average Bonchev–Trinajstić information content (AvgIpc) is 2.34. The lowest BCUT2D eigenvalue weighted by molar-refractivity contribution is -0.125. The van der Waals surface area contributed by atoms with Gasteiger partial charge in [0.1, 0.15) is 0 Å². The number of ether oxygens (including phenoxy) is 1. The first-order chi connectivity index (χ1) is 7.84. The molecule has 102 valence electrons. The predicted molar refractivity (Wildman–Crippen MR) is 71.6 cm³/mol. The highest BCUT2D eigenvalue weighted by atomic mass is 35.5. The first-order valence-electron chi connectivity index (χ1n) is 6.40. The Labute approximate surface area is 110 Å². The SMILES string of the molecule is CCCCOCCNC(=O)C1CCCNC1.Cl. The maximum Gasteiger partial charge on any atom is 0.224 e. The number of nitrogens with one attached hydrogen (secondary N) is 2. The van der Waals surface area contributed by atoms with E-state index in [4.69, 9.17) is 4.74 Å². The van der Waals surface area contributed by atoms with E-state index in [2.05, 4.69) is 17.6 Å². The summed E-state index contributed by atoms with van der Waals surface area (Å²) in [6.07, 6.45) is 4.36. The van der Waals surface area contributed by atoms with Crippen LogP contribution in [0.25, 0.3) is 0 Å². The summed E-state index contributed by atoms with van der Waals surface area (Å²) in [7, 11) is 0. The van der Waals surface area contributed by atoms with Crippen molar-refractivity contribution < 1.29 is 9.53 Å². The molecule has 0 saturated carbocycles. The van der Waals surface area contributed by atoms with E-state index in [0.29, 0.717) is 13.2 Å². The fourth-order valence-electron chi connectivity index (χ4n) is 1.81. The van der Waals surface area contributed by atoms with E-state index < -0.39 is 0 Å². The van der Waals surface area contributed by atoms with Crippen molar-refractivity contribution in [2.45, 2.75) is 32.6 Å². The van der Waals surface area contributed by atoms with E-state index >= 15 is 0 Å². The Morgan fingerprint density at radius 3 is 2.94 bits per heavy atom. The van der Waals surface area contributed by atoms with Crippen LogP contribution in [0.5, 0.6) is 0 Å². The number of hydrogen-bond donors (Lipinski definition) is 2. The predicted octanol–water partition coefficient (Wildman–Crippen LogP) is 1.34. The van der Waals surface area contributed by atoms with Gasteiger partial charge in [0, 0.05) is 19.7 Å².